The summed E-state index contributed by atoms with van der Waals surface area (Å²) in [6.07, 6.45) is 5.19. The number of hydrogen-bond acceptors (Lipinski definition) is 3. The molecule has 2 N–H and O–H groups in total. The summed E-state index contributed by atoms with van der Waals surface area (Å²) in [5.74, 6) is 0.890. The highest BCUT2D eigenvalue weighted by Crippen LogP contribution is 2.16. The van der Waals surface area contributed by atoms with Crippen molar-refractivity contribution in [1.29, 1.82) is 0 Å². The monoisotopic (exact) mass is 235 g/mol. The minimum Gasteiger partial charge on any atom is -0.328 e. The number of rotatable bonds is 6. The standard InChI is InChI=1S/C14H25N3/c1-5-7-12-13(6-2)16-11(4)17-14(12)9-8-10(3)15/h10H,5-9,15H2,1-4H3. The third-order valence-corrected chi connectivity index (χ3v) is 2.96. The van der Waals surface area contributed by atoms with Gasteiger partial charge >= 0.3 is 0 Å². The summed E-state index contributed by atoms with van der Waals surface area (Å²) < 4.78 is 0. The summed E-state index contributed by atoms with van der Waals surface area (Å²) in [4.78, 5) is 9.16. The van der Waals surface area contributed by atoms with Crippen LogP contribution in [0.4, 0.5) is 0 Å². The van der Waals surface area contributed by atoms with Crippen LogP contribution in [0.2, 0.25) is 0 Å². The van der Waals surface area contributed by atoms with E-state index in [-0.39, 0.29) is 6.04 Å². The summed E-state index contributed by atoms with van der Waals surface area (Å²) in [5, 5.41) is 0. The Morgan fingerprint density at radius 2 is 1.76 bits per heavy atom. The van der Waals surface area contributed by atoms with E-state index in [9.17, 15) is 0 Å². The van der Waals surface area contributed by atoms with Crippen molar-refractivity contribution in [1.82, 2.24) is 9.97 Å². The first-order valence-electron chi connectivity index (χ1n) is 6.69. The predicted molar refractivity (Wildman–Crippen MR) is 72.1 cm³/mol. The molecule has 1 aromatic rings. The van der Waals surface area contributed by atoms with Crippen molar-refractivity contribution < 1.29 is 0 Å². The molecule has 0 aliphatic carbocycles. The average Bonchev–Trinajstić information content (AvgIpc) is 2.28. The third-order valence-electron chi connectivity index (χ3n) is 2.96. The van der Waals surface area contributed by atoms with E-state index in [0.29, 0.717) is 0 Å². The molecule has 96 valence electrons. The first-order chi connectivity index (χ1) is 8.08. The van der Waals surface area contributed by atoms with Crippen molar-refractivity contribution in [3.63, 3.8) is 0 Å². The number of aromatic nitrogens is 2. The molecule has 1 unspecified atom stereocenters. The molecule has 0 aliphatic heterocycles. The Morgan fingerprint density at radius 3 is 2.29 bits per heavy atom. The largest absolute Gasteiger partial charge is 0.328 e. The highest BCUT2D eigenvalue weighted by Gasteiger charge is 2.11. The van der Waals surface area contributed by atoms with Gasteiger partial charge in [0.2, 0.25) is 0 Å². The van der Waals surface area contributed by atoms with Gasteiger partial charge in [-0.15, -0.1) is 0 Å². The van der Waals surface area contributed by atoms with Crippen molar-refractivity contribution in [2.24, 2.45) is 5.73 Å². The normalized spacial score (nSPS) is 12.8. The zero-order chi connectivity index (χ0) is 12.8. The molecule has 3 heteroatoms. The molecule has 0 spiro atoms. The Kier molecular flexibility index (Phi) is 5.56. The van der Waals surface area contributed by atoms with Crippen molar-refractivity contribution in [2.75, 3.05) is 0 Å². The van der Waals surface area contributed by atoms with Crippen LogP contribution >= 0.6 is 0 Å². The summed E-state index contributed by atoms with van der Waals surface area (Å²) in [7, 11) is 0. The van der Waals surface area contributed by atoms with E-state index >= 15 is 0 Å². The maximum atomic E-state index is 5.83. The van der Waals surface area contributed by atoms with Gasteiger partial charge in [0.15, 0.2) is 0 Å². The summed E-state index contributed by atoms with van der Waals surface area (Å²) in [5.41, 5.74) is 9.63. The molecule has 0 aliphatic rings. The molecule has 1 atom stereocenters. The van der Waals surface area contributed by atoms with E-state index < -0.39 is 0 Å². The number of hydrogen-bond donors (Lipinski definition) is 1. The second-order valence-corrected chi connectivity index (χ2v) is 4.76. The fourth-order valence-electron chi connectivity index (χ4n) is 2.12. The van der Waals surface area contributed by atoms with Gasteiger partial charge in [-0.05, 0) is 45.1 Å². The Balaban J connectivity index is 3.02. The van der Waals surface area contributed by atoms with E-state index in [0.717, 1.165) is 37.9 Å². The third kappa shape index (κ3) is 4.08. The Labute approximate surface area is 105 Å². The minimum absolute atomic E-state index is 0.241. The molecule has 3 nitrogen and oxygen atoms in total. The van der Waals surface area contributed by atoms with Crippen molar-refractivity contribution in [2.45, 2.75) is 65.8 Å². The van der Waals surface area contributed by atoms with Gasteiger partial charge in [-0.2, -0.15) is 0 Å². The molecule has 0 amide bonds. The second-order valence-electron chi connectivity index (χ2n) is 4.76. The van der Waals surface area contributed by atoms with Gasteiger partial charge in [-0.25, -0.2) is 9.97 Å². The van der Waals surface area contributed by atoms with Crippen LogP contribution in [0.1, 0.15) is 56.4 Å². The second kappa shape index (κ2) is 6.70. The Morgan fingerprint density at radius 1 is 1.12 bits per heavy atom. The highest BCUT2D eigenvalue weighted by molar-refractivity contribution is 5.26. The smallest absolute Gasteiger partial charge is 0.125 e. The SMILES string of the molecule is CCCc1c(CC)nc(C)nc1CCC(C)N. The summed E-state index contributed by atoms with van der Waals surface area (Å²) >= 11 is 0. The van der Waals surface area contributed by atoms with Crippen LogP contribution in [-0.2, 0) is 19.3 Å². The van der Waals surface area contributed by atoms with Crippen molar-refractivity contribution in [3.05, 3.63) is 22.8 Å². The molecule has 0 fully saturated rings. The molecular weight excluding hydrogens is 210 g/mol. The molecule has 17 heavy (non-hydrogen) atoms. The van der Waals surface area contributed by atoms with Gasteiger partial charge in [0.1, 0.15) is 5.82 Å². The molecule has 0 saturated carbocycles. The highest BCUT2D eigenvalue weighted by atomic mass is 14.9. The number of nitrogens with zero attached hydrogens (tertiary/aromatic N) is 2. The van der Waals surface area contributed by atoms with E-state index in [1.54, 1.807) is 0 Å². The fraction of sp³-hybridized carbons (Fsp3) is 0.714. The quantitative estimate of drug-likeness (QED) is 0.824. The lowest BCUT2D eigenvalue weighted by molar-refractivity contribution is 0.647. The van der Waals surface area contributed by atoms with Gasteiger partial charge in [0, 0.05) is 17.4 Å². The molecule has 0 radical (unpaired) electrons. The number of aryl methyl sites for hydroxylation is 3. The minimum atomic E-state index is 0.241. The first kappa shape index (κ1) is 14.1. The lowest BCUT2D eigenvalue weighted by atomic mass is 10.00. The Bertz CT molecular complexity index is 359. The van der Waals surface area contributed by atoms with Crippen molar-refractivity contribution in [3.8, 4) is 0 Å². The lowest BCUT2D eigenvalue weighted by Crippen LogP contribution is -2.17. The van der Waals surface area contributed by atoms with Gasteiger partial charge in [-0.3, -0.25) is 0 Å². The number of nitrogens with two attached hydrogens (primary N) is 1. The van der Waals surface area contributed by atoms with Crippen LogP contribution < -0.4 is 5.73 Å². The van der Waals surface area contributed by atoms with E-state index in [1.807, 2.05) is 13.8 Å². The summed E-state index contributed by atoms with van der Waals surface area (Å²) in [6, 6.07) is 0.241. The molecule has 0 bridgehead atoms. The van der Waals surface area contributed by atoms with Gasteiger partial charge in [0.05, 0.1) is 0 Å². The van der Waals surface area contributed by atoms with Crippen LogP contribution in [0.25, 0.3) is 0 Å². The molecule has 1 aromatic heterocycles. The maximum absolute atomic E-state index is 5.83. The van der Waals surface area contributed by atoms with Crippen LogP contribution in [0, 0.1) is 6.92 Å². The van der Waals surface area contributed by atoms with Crippen LogP contribution in [0.15, 0.2) is 0 Å². The van der Waals surface area contributed by atoms with Crippen LogP contribution in [0.5, 0.6) is 0 Å². The lowest BCUT2D eigenvalue weighted by Gasteiger charge is -2.14. The van der Waals surface area contributed by atoms with Gasteiger partial charge in [0.25, 0.3) is 0 Å². The topological polar surface area (TPSA) is 51.8 Å². The Hall–Kier alpha value is -0.960. The van der Waals surface area contributed by atoms with E-state index in [4.69, 9.17) is 5.73 Å². The van der Waals surface area contributed by atoms with Gasteiger partial charge < -0.3 is 5.73 Å². The predicted octanol–water partition coefficient (Wildman–Crippen LogP) is 2.58. The molecule has 0 aromatic carbocycles. The van der Waals surface area contributed by atoms with Crippen LogP contribution in [-0.4, -0.2) is 16.0 Å². The average molecular weight is 235 g/mol. The molecule has 1 rings (SSSR count). The molecule has 1 heterocycles. The maximum Gasteiger partial charge on any atom is 0.125 e. The molecular formula is C14H25N3. The fourth-order valence-corrected chi connectivity index (χ4v) is 2.12. The van der Waals surface area contributed by atoms with Gasteiger partial charge in [-0.1, -0.05) is 20.3 Å². The molecule has 0 saturated heterocycles. The zero-order valence-electron chi connectivity index (χ0n) is 11.6. The van der Waals surface area contributed by atoms with Crippen LogP contribution in [0.3, 0.4) is 0 Å². The summed E-state index contributed by atoms with van der Waals surface area (Å²) in [6.45, 7) is 8.39. The van der Waals surface area contributed by atoms with E-state index in [2.05, 4.69) is 23.8 Å². The first-order valence-corrected chi connectivity index (χ1v) is 6.69. The zero-order valence-corrected chi connectivity index (χ0v) is 11.6. The van der Waals surface area contributed by atoms with Crippen molar-refractivity contribution >= 4 is 0 Å². The van der Waals surface area contributed by atoms with E-state index in [1.165, 1.54) is 17.0 Å².